The molecule has 0 spiro atoms. The second-order valence-corrected chi connectivity index (χ2v) is 6.33. The predicted molar refractivity (Wildman–Crippen MR) is 95.4 cm³/mol. The number of anilines is 2. The van der Waals surface area contributed by atoms with Gasteiger partial charge in [-0.15, -0.1) is 0 Å². The van der Waals surface area contributed by atoms with Crippen LogP contribution in [0.4, 0.5) is 11.5 Å². The van der Waals surface area contributed by atoms with E-state index in [-0.39, 0.29) is 12.7 Å². The third-order valence-corrected chi connectivity index (χ3v) is 4.57. The summed E-state index contributed by atoms with van der Waals surface area (Å²) < 4.78 is 10.6. The smallest absolute Gasteiger partial charge is 0.255 e. The number of amides is 1. The molecule has 1 fully saturated rings. The molecule has 0 atom stereocenters. The van der Waals surface area contributed by atoms with Gasteiger partial charge in [-0.3, -0.25) is 4.79 Å². The van der Waals surface area contributed by atoms with Crippen molar-refractivity contribution in [2.24, 2.45) is 0 Å². The van der Waals surface area contributed by atoms with E-state index >= 15 is 0 Å². The Morgan fingerprint density at radius 1 is 1.00 bits per heavy atom. The Balaban J connectivity index is 1.43. The van der Waals surface area contributed by atoms with Crippen LogP contribution in [0, 0.1) is 0 Å². The standard InChI is InChI=1S/C19H21N3O3/c23-19(14-5-7-16-17(11-14)25-13-24-16)21-15-6-8-18(20-12-15)22-9-3-1-2-4-10-22/h5-8,11-12H,1-4,9-10,13H2,(H,21,23). The average Bonchev–Trinajstić information content (AvgIpc) is 2.94. The van der Waals surface area contributed by atoms with Crippen LogP contribution < -0.4 is 19.7 Å². The van der Waals surface area contributed by atoms with Gasteiger partial charge < -0.3 is 19.7 Å². The molecule has 0 radical (unpaired) electrons. The van der Waals surface area contributed by atoms with Crippen LogP contribution in [-0.4, -0.2) is 30.8 Å². The third-order valence-electron chi connectivity index (χ3n) is 4.57. The van der Waals surface area contributed by atoms with E-state index < -0.39 is 0 Å². The van der Waals surface area contributed by atoms with Crippen molar-refractivity contribution in [3.8, 4) is 11.5 Å². The first-order valence-corrected chi connectivity index (χ1v) is 8.71. The minimum absolute atomic E-state index is 0.192. The largest absolute Gasteiger partial charge is 0.454 e. The highest BCUT2D eigenvalue weighted by Gasteiger charge is 2.16. The number of rotatable bonds is 3. The zero-order chi connectivity index (χ0) is 17.1. The van der Waals surface area contributed by atoms with E-state index in [1.165, 1.54) is 25.7 Å². The molecule has 2 aliphatic rings. The number of ether oxygens (including phenoxy) is 2. The van der Waals surface area contributed by atoms with E-state index in [1.54, 1.807) is 24.4 Å². The first kappa shape index (κ1) is 15.7. The zero-order valence-corrected chi connectivity index (χ0v) is 14.0. The predicted octanol–water partition coefficient (Wildman–Crippen LogP) is 3.44. The van der Waals surface area contributed by atoms with Crippen molar-refractivity contribution in [1.82, 2.24) is 4.98 Å². The minimum Gasteiger partial charge on any atom is -0.454 e. The molecule has 1 amide bonds. The average molecular weight is 339 g/mol. The van der Waals surface area contributed by atoms with Crippen molar-refractivity contribution in [2.75, 3.05) is 30.1 Å². The number of fused-ring (bicyclic) bond motifs is 1. The SMILES string of the molecule is O=C(Nc1ccc(N2CCCCCC2)nc1)c1ccc2c(c1)OCO2. The van der Waals surface area contributed by atoms with Gasteiger partial charge in [0.1, 0.15) is 5.82 Å². The quantitative estimate of drug-likeness (QED) is 0.928. The summed E-state index contributed by atoms with van der Waals surface area (Å²) in [5, 5.41) is 2.88. The van der Waals surface area contributed by atoms with Crippen LogP contribution in [0.1, 0.15) is 36.0 Å². The van der Waals surface area contributed by atoms with E-state index in [4.69, 9.17) is 9.47 Å². The van der Waals surface area contributed by atoms with Crippen LogP contribution >= 0.6 is 0 Å². The van der Waals surface area contributed by atoms with Gasteiger partial charge in [0.05, 0.1) is 11.9 Å². The molecule has 25 heavy (non-hydrogen) atoms. The number of carbonyl (C=O) groups excluding carboxylic acids is 1. The number of nitrogens with one attached hydrogen (secondary N) is 1. The molecule has 3 heterocycles. The summed E-state index contributed by atoms with van der Waals surface area (Å²) in [5.41, 5.74) is 1.21. The fourth-order valence-corrected chi connectivity index (χ4v) is 3.19. The molecule has 1 aromatic heterocycles. The van der Waals surface area contributed by atoms with Crippen molar-refractivity contribution in [2.45, 2.75) is 25.7 Å². The number of hydrogen-bond acceptors (Lipinski definition) is 5. The van der Waals surface area contributed by atoms with Gasteiger partial charge in [0, 0.05) is 18.7 Å². The number of nitrogens with zero attached hydrogens (tertiary/aromatic N) is 2. The van der Waals surface area contributed by atoms with Crippen LogP contribution in [0.5, 0.6) is 11.5 Å². The first-order valence-electron chi connectivity index (χ1n) is 8.71. The third kappa shape index (κ3) is 3.52. The lowest BCUT2D eigenvalue weighted by molar-refractivity contribution is 0.102. The maximum absolute atomic E-state index is 12.4. The summed E-state index contributed by atoms with van der Waals surface area (Å²) in [4.78, 5) is 19.2. The first-order chi connectivity index (χ1) is 12.3. The van der Waals surface area contributed by atoms with Gasteiger partial charge in [-0.1, -0.05) is 12.8 Å². The summed E-state index contributed by atoms with van der Waals surface area (Å²) in [7, 11) is 0. The number of hydrogen-bond donors (Lipinski definition) is 1. The Labute approximate surface area is 146 Å². The Bertz CT molecular complexity index is 753. The van der Waals surface area contributed by atoms with Gasteiger partial charge in [-0.05, 0) is 43.2 Å². The Morgan fingerprint density at radius 3 is 2.56 bits per heavy atom. The summed E-state index contributed by atoms with van der Waals surface area (Å²) in [6, 6.07) is 9.04. The van der Waals surface area contributed by atoms with E-state index in [2.05, 4.69) is 15.2 Å². The van der Waals surface area contributed by atoms with Gasteiger partial charge >= 0.3 is 0 Å². The lowest BCUT2D eigenvalue weighted by Gasteiger charge is -2.21. The number of aromatic nitrogens is 1. The molecule has 0 saturated carbocycles. The molecule has 6 heteroatoms. The van der Waals surface area contributed by atoms with Gasteiger partial charge in [0.15, 0.2) is 11.5 Å². The zero-order valence-electron chi connectivity index (χ0n) is 14.0. The maximum Gasteiger partial charge on any atom is 0.255 e. The molecule has 0 bridgehead atoms. The molecule has 2 aromatic rings. The number of pyridine rings is 1. The molecule has 2 aliphatic heterocycles. The summed E-state index contributed by atoms with van der Waals surface area (Å²) in [6.45, 7) is 2.30. The van der Waals surface area contributed by atoms with Crippen molar-refractivity contribution in [1.29, 1.82) is 0 Å². The molecular weight excluding hydrogens is 318 g/mol. The normalized spacial score (nSPS) is 16.4. The number of carbonyl (C=O) groups is 1. The highest BCUT2D eigenvalue weighted by molar-refractivity contribution is 6.04. The van der Waals surface area contributed by atoms with E-state index in [9.17, 15) is 4.79 Å². The van der Waals surface area contributed by atoms with Crippen molar-refractivity contribution in [3.63, 3.8) is 0 Å². The lowest BCUT2D eigenvalue weighted by atomic mass is 10.2. The Hall–Kier alpha value is -2.76. The fourth-order valence-electron chi connectivity index (χ4n) is 3.19. The van der Waals surface area contributed by atoms with E-state index in [1.807, 2.05) is 12.1 Å². The van der Waals surface area contributed by atoms with Crippen LogP contribution in [-0.2, 0) is 0 Å². The van der Waals surface area contributed by atoms with Crippen molar-refractivity contribution in [3.05, 3.63) is 42.1 Å². The monoisotopic (exact) mass is 339 g/mol. The van der Waals surface area contributed by atoms with Crippen LogP contribution in [0.15, 0.2) is 36.5 Å². The second kappa shape index (κ2) is 7.01. The molecule has 0 aliphatic carbocycles. The van der Waals surface area contributed by atoms with Gasteiger partial charge in [-0.25, -0.2) is 4.98 Å². The van der Waals surface area contributed by atoms with Crippen LogP contribution in [0.25, 0.3) is 0 Å². The Kier molecular flexibility index (Phi) is 4.41. The molecule has 1 N–H and O–H groups in total. The molecule has 130 valence electrons. The van der Waals surface area contributed by atoms with Crippen LogP contribution in [0.2, 0.25) is 0 Å². The molecular formula is C19H21N3O3. The molecule has 0 unspecified atom stereocenters. The van der Waals surface area contributed by atoms with E-state index in [0.29, 0.717) is 22.7 Å². The van der Waals surface area contributed by atoms with Gasteiger partial charge in [0.25, 0.3) is 5.91 Å². The van der Waals surface area contributed by atoms with Gasteiger partial charge in [0.2, 0.25) is 6.79 Å². The van der Waals surface area contributed by atoms with E-state index in [0.717, 1.165) is 18.9 Å². The summed E-state index contributed by atoms with van der Waals surface area (Å²) in [5.74, 6) is 2.05. The second-order valence-electron chi connectivity index (χ2n) is 6.33. The van der Waals surface area contributed by atoms with Gasteiger partial charge in [-0.2, -0.15) is 0 Å². The molecule has 4 rings (SSSR count). The summed E-state index contributed by atoms with van der Waals surface area (Å²) >= 11 is 0. The van der Waals surface area contributed by atoms with Crippen molar-refractivity contribution >= 4 is 17.4 Å². The maximum atomic E-state index is 12.4. The molecule has 6 nitrogen and oxygen atoms in total. The topological polar surface area (TPSA) is 63.7 Å². The molecule has 1 aromatic carbocycles. The minimum atomic E-state index is -0.192. The fraction of sp³-hybridized carbons (Fsp3) is 0.368. The highest BCUT2D eigenvalue weighted by atomic mass is 16.7. The molecule has 1 saturated heterocycles. The van der Waals surface area contributed by atoms with Crippen LogP contribution in [0.3, 0.4) is 0 Å². The number of benzene rings is 1. The lowest BCUT2D eigenvalue weighted by Crippen LogP contribution is -2.24. The summed E-state index contributed by atoms with van der Waals surface area (Å²) in [6.07, 6.45) is 6.72. The van der Waals surface area contributed by atoms with Crippen molar-refractivity contribution < 1.29 is 14.3 Å². The Morgan fingerprint density at radius 2 is 1.80 bits per heavy atom. The highest BCUT2D eigenvalue weighted by Crippen LogP contribution is 2.32.